The number of piperazine rings is 1. The molecule has 0 bridgehead atoms. The third-order valence-electron chi connectivity index (χ3n) is 4.26. The van der Waals surface area contributed by atoms with Gasteiger partial charge in [-0.15, -0.1) is 0 Å². The highest BCUT2D eigenvalue weighted by atomic mass is 16.5. The third kappa shape index (κ3) is 4.23. The number of carbonyl (C=O) groups is 1. The van der Waals surface area contributed by atoms with Crippen LogP contribution < -0.4 is 10.1 Å². The van der Waals surface area contributed by atoms with E-state index in [4.69, 9.17) is 4.74 Å². The zero-order valence-corrected chi connectivity index (χ0v) is 14.2. The summed E-state index contributed by atoms with van der Waals surface area (Å²) in [4.78, 5) is 14.3. The highest BCUT2D eigenvalue weighted by molar-refractivity contribution is 5.76. The van der Waals surface area contributed by atoms with E-state index in [2.05, 4.69) is 38.2 Å². The van der Waals surface area contributed by atoms with Gasteiger partial charge in [0.25, 0.3) is 0 Å². The Morgan fingerprint density at radius 3 is 2.64 bits per heavy atom. The molecule has 1 fully saturated rings. The lowest BCUT2D eigenvalue weighted by Crippen LogP contribution is -2.46. The maximum absolute atomic E-state index is 12.4. The number of carbonyl (C=O) groups excluding carboxylic acids is 1. The average molecular weight is 304 g/mol. The summed E-state index contributed by atoms with van der Waals surface area (Å²) in [5.74, 6) is 1.56. The lowest BCUT2D eigenvalue weighted by molar-refractivity contribution is -0.132. The van der Waals surface area contributed by atoms with Gasteiger partial charge in [-0.3, -0.25) is 4.79 Å². The lowest BCUT2D eigenvalue weighted by atomic mass is 9.94. The average Bonchev–Trinajstić information content (AvgIpc) is 2.47. The molecule has 1 aromatic carbocycles. The molecule has 1 saturated heterocycles. The van der Waals surface area contributed by atoms with E-state index in [0.29, 0.717) is 12.3 Å². The van der Waals surface area contributed by atoms with Crippen molar-refractivity contribution in [1.82, 2.24) is 10.2 Å². The molecule has 122 valence electrons. The zero-order chi connectivity index (χ0) is 16.1. The van der Waals surface area contributed by atoms with E-state index in [-0.39, 0.29) is 5.91 Å². The number of methoxy groups -OCH3 is 1. The molecule has 1 aliphatic rings. The van der Waals surface area contributed by atoms with Crippen LogP contribution in [0.25, 0.3) is 0 Å². The second-order valence-corrected chi connectivity index (χ2v) is 6.42. The van der Waals surface area contributed by atoms with Gasteiger partial charge in [-0.05, 0) is 37.3 Å². The van der Waals surface area contributed by atoms with Crippen LogP contribution in [0.1, 0.15) is 30.0 Å². The summed E-state index contributed by atoms with van der Waals surface area (Å²) >= 11 is 0. The highest BCUT2D eigenvalue weighted by Gasteiger charge is 2.20. The minimum atomic E-state index is 0.275. The molecule has 1 unspecified atom stereocenters. The summed E-state index contributed by atoms with van der Waals surface area (Å²) in [5.41, 5.74) is 3.62. The molecular formula is C18H28N2O2. The predicted octanol–water partition coefficient (Wildman–Crippen LogP) is 2.31. The first-order valence-electron chi connectivity index (χ1n) is 8.14. The molecule has 0 radical (unpaired) electrons. The van der Waals surface area contributed by atoms with Crippen molar-refractivity contribution in [3.8, 4) is 5.75 Å². The summed E-state index contributed by atoms with van der Waals surface area (Å²) in [7, 11) is 1.72. The predicted molar refractivity (Wildman–Crippen MR) is 89.4 cm³/mol. The SMILES string of the molecule is COc1c(C)cc(C)cc1CC(C)CC(=O)N1CCNCC1. The highest BCUT2D eigenvalue weighted by Crippen LogP contribution is 2.28. The number of benzene rings is 1. The number of aryl methyl sites for hydroxylation is 2. The third-order valence-corrected chi connectivity index (χ3v) is 4.26. The molecule has 4 heteroatoms. The molecule has 1 aliphatic heterocycles. The maximum Gasteiger partial charge on any atom is 0.222 e. The molecule has 1 amide bonds. The Morgan fingerprint density at radius 1 is 1.32 bits per heavy atom. The number of rotatable bonds is 5. The van der Waals surface area contributed by atoms with Gasteiger partial charge in [-0.25, -0.2) is 0 Å². The first-order valence-corrected chi connectivity index (χ1v) is 8.14. The molecule has 0 spiro atoms. The Bertz CT molecular complexity index is 522. The van der Waals surface area contributed by atoms with Gasteiger partial charge in [0.2, 0.25) is 5.91 Å². The monoisotopic (exact) mass is 304 g/mol. The minimum absolute atomic E-state index is 0.275. The number of ether oxygens (including phenoxy) is 1. The Balaban J connectivity index is 1.99. The van der Waals surface area contributed by atoms with Gasteiger partial charge in [0, 0.05) is 32.6 Å². The van der Waals surface area contributed by atoms with Crippen molar-refractivity contribution < 1.29 is 9.53 Å². The van der Waals surface area contributed by atoms with Crippen molar-refractivity contribution in [2.75, 3.05) is 33.3 Å². The quantitative estimate of drug-likeness (QED) is 0.907. The molecule has 1 N–H and O–H groups in total. The van der Waals surface area contributed by atoms with E-state index in [1.54, 1.807) is 7.11 Å². The summed E-state index contributed by atoms with van der Waals surface area (Å²) in [6, 6.07) is 4.32. The van der Waals surface area contributed by atoms with Gasteiger partial charge < -0.3 is 15.0 Å². The van der Waals surface area contributed by atoms with E-state index in [1.165, 1.54) is 11.1 Å². The fourth-order valence-electron chi connectivity index (χ4n) is 3.28. The number of nitrogens with zero attached hydrogens (tertiary/aromatic N) is 1. The van der Waals surface area contributed by atoms with Crippen molar-refractivity contribution >= 4 is 5.91 Å². The van der Waals surface area contributed by atoms with Crippen LogP contribution in [0.3, 0.4) is 0 Å². The smallest absolute Gasteiger partial charge is 0.222 e. The van der Waals surface area contributed by atoms with Crippen molar-refractivity contribution in [3.05, 3.63) is 28.8 Å². The van der Waals surface area contributed by atoms with Crippen LogP contribution in [0.2, 0.25) is 0 Å². The largest absolute Gasteiger partial charge is 0.496 e. The fraction of sp³-hybridized carbons (Fsp3) is 0.611. The number of amides is 1. The van der Waals surface area contributed by atoms with Gasteiger partial charge in [-0.2, -0.15) is 0 Å². The van der Waals surface area contributed by atoms with Gasteiger partial charge >= 0.3 is 0 Å². The van der Waals surface area contributed by atoms with Crippen molar-refractivity contribution in [1.29, 1.82) is 0 Å². The van der Waals surface area contributed by atoms with Gasteiger partial charge in [0.1, 0.15) is 5.75 Å². The molecule has 1 aromatic rings. The van der Waals surface area contributed by atoms with Gasteiger partial charge in [0.15, 0.2) is 0 Å². The van der Waals surface area contributed by atoms with Crippen LogP contribution in [0.4, 0.5) is 0 Å². The summed E-state index contributed by atoms with van der Waals surface area (Å²) in [6.45, 7) is 9.81. The molecule has 22 heavy (non-hydrogen) atoms. The number of hydrogen-bond donors (Lipinski definition) is 1. The van der Waals surface area contributed by atoms with E-state index in [1.807, 2.05) is 4.90 Å². The molecule has 4 nitrogen and oxygen atoms in total. The van der Waals surface area contributed by atoms with Gasteiger partial charge in [-0.1, -0.05) is 24.6 Å². The molecule has 1 heterocycles. The summed E-state index contributed by atoms with van der Waals surface area (Å²) in [5, 5.41) is 3.28. The van der Waals surface area contributed by atoms with Gasteiger partial charge in [0.05, 0.1) is 7.11 Å². The molecule has 0 saturated carbocycles. The second-order valence-electron chi connectivity index (χ2n) is 6.42. The Kier molecular flexibility index (Phi) is 5.83. The normalized spacial score (nSPS) is 16.5. The van der Waals surface area contributed by atoms with Crippen LogP contribution >= 0.6 is 0 Å². The number of hydrogen-bond acceptors (Lipinski definition) is 3. The van der Waals surface area contributed by atoms with Crippen molar-refractivity contribution in [2.45, 2.75) is 33.6 Å². The Morgan fingerprint density at radius 2 is 2.00 bits per heavy atom. The van der Waals surface area contributed by atoms with E-state index < -0.39 is 0 Å². The summed E-state index contributed by atoms with van der Waals surface area (Å²) < 4.78 is 5.55. The molecule has 0 aliphatic carbocycles. The van der Waals surface area contributed by atoms with E-state index in [9.17, 15) is 4.79 Å². The lowest BCUT2D eigenvalue weighted by Gasteiger charge is -2.28. The summed E-state index contributed by atoms with van der Waals surface area (Å²) in [6.07, 6.45) is 1.49. The maximum atomic E-state index is 12.4. The van der Waals surface area contributed by atoms with Crippen molar-refractivity contribution in [2.24, 2.45) is 5.92 Å². The topological polar surface area (TPSA) is 41.6 Å². The Labute approximate surface area is 133 Å². The number of nitrogens with one attached hydrogen (secondary N) is 1. The van der Waals surface area contributed by atoms with Crippen LogP contribution in [0, 0.1) is 19.8 Å². The van der Waals surface area contributed by atoms with Crippen LogP contribution in [-0.4, -0.2) is 44.1 Å². The second kappa shape index (κ2) is 7.63. The first-order chi connectivity index (χ1) is 10.5. The standard InChI is InChI=1S/C18H28N2O2/c1-13-9-15(3)18(22-4)16(10-13)11-14(2)12-17(21)20-7-5-19-6-8-20/h9-10,14,19H,5-8,11-12H2,1-4H3. The van der Waals surface area contributed by atoms with Crippen LogP contribution in [-0.2, 0) is 11.2 Å². The zero-order valence-electron chi connectivity index (χ0n) is 14.2. The Hall–Kier alpha value is -1.55. The molecule has 1 atom stereocenters. The van der Waals surface area contributed by atoms with Crippen LogP contribution in [0.15, 0.2) is 12.1 Å². The van der Waals surface area contributed by atoms with E-state index in [0.717, 1.165) is 43.9 Å². The van der Waals surface area contributed by atoms with Crippen molar-refractivity contribution in [3.63, 3.8) is 0 Å². The van der Waals surface area contributed by atoms with E-state index >= 15 is 0 Å². The first kappa shape index (κ1) is 16.8. The molecular weight excluding hydrogens is 276 g/mol. The molecule has 0 aromatic heterocycles. The minimum Gasteiger partial charge on any atom is -0.496 e. The fourth-order valence-corrected chi connectivity index (χ4v) is 3.28. The van der Waals surface area contributed by atoms with Crippen LogP contribution in [0.5, 0.6) is 5.75 Å². The molecule has 2 rings (SSSR count).